The summed E-state index contributed by atoms with van der Waals surface area (Å²) in [6.07, 6.45) is 0. The number of ether oxygens (including phenoxy) is 2. The summed E-state index contributed by atoms with van der Waals surface area (Å²) in [5, 5.41) is 6.72. The van der Waals surface area contributed by atoms with Gasteiger partial charge in [0.25, 0.3) is 5.91 Å². The molecule has 2 aliphatic heterocycles. The van der Waals surface area contributed by atoms with Crippen LogP contribution in [0.3, 0.4) is 0 Å². The number of aliphatic imine (C=N–C) groups is 1. The van der Waals surface area contributed by atoms with E-state index in [1.54, 1.807) is 49.6 Å². The molecule has 10 heteroatoms. The van der Waals surface area contributed by atoms with Crippen molar-refractivity contribution < 1.29 is 22.7 Å². The molecule has 2 heterocycles. The third-order valence-corrected chi connectivity index (χ3v) is 8.02. The Morgan fingerprint density at radius 1 is 1.10 bits per heavy atom. The molecule has 1 amide bonds. The van der Waals surface area contributed by atoms with Gasteiger partial charge < -0.3 is 20.1 Å². The maximum Gasteiger partial charge on any atom is 0.255 e. The van der Waals surface area contributed by atoms with Crippen LogP contribution in [0.5, 0.6) is 11.5 Å². The third-order valence-electron chi connectivity index (χ3n) is 4.87. The second-order valence-corrected chi connectivity index (χ2v) is 10.3. The Bertz CT molecular complexity index is 1100. The third kappa shape index (κ3) is 4.39. The predicted molar refractivity (Wildman–Crippen MR) is 119 cm³/mol. The van der Waals surface area contributed by atoms with Gasteiger partial charge in [-0.2, -0.15) is 0 Å². The fourth-order valence-electron chi connectivity index (χ4n) is 3.34. The van der Waals surface area contributed by atoms with E-state index in [1.165, 1.54) is 18.9 Å². The van der Waals surface area contributed by atoms with Crippen LogP contribution in [0.1, 0.15) is 10.4 Å². The topological polar surface area (TPSA) is 106 Å². The molecule has 0 saturated carbocycles. The molecule has 1 saturated heterocycles. The number of nitrogens with one attached hydrogen (secondary N) is 2. The second kappa shape index (κ2) is 8.19. The molecular formula is C20H21N3O5S2. The Balaban J connectivity index is 1.40. The summed E-state index contributed by atoms with van der Waals surface area (Å²) in [7, 11) is 0.120. The largest absolute Gasteiger partial charge is 0.497 e. The van der Waals surface area contributed by atoms with Crippen molar-refractivity contribution in [2.24, 2.45) is 4.99 Å². The summed E-state index contributed by atoms with van der Waals surface area (Å²) in [6, 6.07) is 12.0. The van der Waals surface area contributed by atoms with Gasteiger partial charge in [0, 0.05) is 22.6 Å². The van der Waals surface area contributed by atoms with Crippen molar-refractivity contribution in [3.8, 4) is 11.5 Å². The average Bonchev–Trinajstić information content (AvgIpc) is 3.21. The number of hydrogen-bond acceptors (Lipinski definition) is 8. The lowest BCUT2D eigenvalue weighted by atomic mass is 10.2. The van der Waals surface area contributed by atoms with Gasteiger partial charge >= 0.3 is 0 Å². The van der Waals surface area contributed by atoms with Gasteiger partial charge in [0.05, 0.1) is 37.5 Å². The van der Waals surface area contributed by atoms with Crippen molar-refractivity contribution in [2.75, 3.05) is 36.4 Å². The van der Waals surface area contributed by atoms with E-state index in [2.05, 4.69) is 15.6 Å². The van der Waals surface area contributed by atoms with E-state index in [4.69, 9.17) is 9.47 Å². The number of sulfone groups is 1. The zero-order chi connectivity index (χ0) is 21.3. The highest BCUT2D eigenvalue weighted by Gasteiger charge is 2.42. The van der Waals surface area contributed by atoms with Crippen molar-refractivity contribution in [1.82, 2.24) is 0 Å². The molecule has 2 atom stereocenters. The van der Waals surface area contributed by atoms with Crippen LogP contribution >= 0.6 is 11.8 Å². The minimum absolute atomic E-state index is 0.0120. The van der Waals surface area contributed by atoms with Gasteiger partial charge in [-0.25, -0.2) is 8.42 Å². The highest BCUT2D eigenvalue weighted by atomic mass is 32.2. The van der Waals surface area contributed by atoms with Crippen LogP contribution in [0.4, 0.5) is 11.4 Å². The molecule has 0 unspecified atom stereocenters. The minimum atomic E-state index is -2.97. The van der Waals surface area contributed by atoms with Crippen molar-refractivity contribution in [1.29, 1.82) is 0 Å². The molecular weight excluding hydrogens is 426 g/mol. The van der Waals surface area contributed by atoms with Crippen LogP contribution in [0.15, 0.2) is 47.5 Å². The summed E-state index contributed by atoms with van der Waals surface area (Å²) in [5.41, 5.74) is 1.81. The van der Waals surface area contributed by atoms with E-state index in [0.717, 1.165) is 5.69 Å². The van der Waals surface area contributed by atoms with Crippen molar-refractivity contribution in [3.63, 3.8) is 0 Å². The summed E-state index contributed by atoms with van der Waals surface area (Å²) >= 11 is 1.45. The minimum Gasteiger partial charge on any atom is -0.497 e. The zero-order valence-electron chi connectivity index (χ0n) is 16.4. The van der Waals surface area contributed by atoms with Gasteiger partial charge in [-0.3, -0.25) is 9.79 Å². The summed E-state index contributed by atoms with van der Waals surface area (Å²) in [4.78, 5) is 17.1. The van der Waals surface area contributed by atoms with Crippen LogP contribution in [-0.4, -0.2) is 56.5 Å². The molecule has 0 radical (unpaired) electrons. The first-order valence-corrected chi connectivity index (χ1v) is 11.9. The number of hydrogen-bond donors (Lipinski definition) is 2. The lowest BCUT2D eigenvalue weighted by molar-refractivity contribution is 0.102. The van der Waals surface area contributed by atoms with Gasteiger partial charge in [-0.05, 0) is 36.4 Å². The van der Waals surface area contributed by atoms with Gasteiger partial charge in [0.2, 0.25) is 0 Å². The Morgan fingerprint density at radius 3 is 2.53 bits per heavy atom. The van der Waals surface area contributed by atoms with Crippen LogP contribution in [0.2, 0.25) is 0 Å². The number of amides is 1. The van der Waals surface area contributed by atoms with Crippen molar-refractivity contribution in [2.45, 2.75) is 11.3 Å². The number of thioether (sulfide) groups is 1. The number of carbonyl (C=O) groups excluding carboxylic acids is 1. The summed E-state index contributed by atoms with van der Waals surface area (Å²) in [6.45, 7) is 0. The summed E-state index contributed by atoms with van der Waals surface area (Å²) < 4.78 is 33.8. The van der Waals surface area contributed by atoms with Gasteiger partial charge in [0.15, 0.2) is 15.0 Å². The van der Waals surface area contributed by atoms with E-state index >= 15 is 0 Å². The molecule has 2 aromatic carbocycles. The maximum absolute atomic E-state index is 12.6. The number of carbonyl (C=O) groups is 1. The second-order valence-electron chi connectivity index (χ2n) is 6.96. The lowest BCUT2D eigenvalue weighted by Gasteiger charge is -2.12. The first-order valence-electron chi connectivity index (χ1n) is 9.22. The molecule has 4 rings (SSSR count). The first kappa shape index (κ1) is 20.5. The average molecular weight is 448 g/mol. The Kier molecular flexibility index (Phi) is 5.61. The Hall–Kier alpha value is -2.72. The summed E-state index contributed by atoms with van der Waals surface area (Å²) in [5.74, 6) is 1.16. The van der Waals surface area contributed by atoms with E-state index in [9.17, 15) is 13.2 Å². The zero-order valence-corrected chi connectivity index (χ0v) is 18.0. The van der Waals surface area contributed by atoms with E-state index < -0.39 is 9.84 Å². The molecule has 0 aliphatic carbocycles. The van der Waals surface area contributed by atoms with Crippen LogP contribution in [0.25, 0.3) is 0 Å². The number of benzene rings is 2. The Morgan fingerprint density at radius 2 is 1.87 bits per heavy atom. The number of methoxy groups -OCH3 is 2. The predicted octanol–water partition coefficient (Wildman–Crippen LogP) is 2.64. The molecule has 8 nitrogen and oxygen atoms in total. The molecule has 30 heavy (non-hydrogen) atoms. The Labute approximate surface area is 179 Å². The SMILES string of the molecule is COc1ccc(NC(=O)c2ccc(NC3=N[C@H]4CS(=O)(=O)C[C@@H]4S3)cc2)c(OC)c1. The fraction of sp³-hybridized carbons (Fsp3) is 0.300. The highest BCUT2D eigenvalue weighted by Crippen LogP contribution is 2.34. The van der Waals surface area contributed by atoms with Gasteiger partial charge in [-0.1, -0.05) is 11.8 Å². The molecule has 2 N–H and O–H groups in total. The highest BCUT2D eigenvalue weighted by molar-refractivity contribution is 8.15. The van der Waals surface area contributed by atoms with Crippen molar-refractivity contribution in [3.05, 3.63) is 48.0 Å². The molecule has 1 fully saturated rings. The smallest absolute Gasteiger partial charge is 0.255 e. The molecule has 0 spiro atoms. The monoisotopic (exact) mass is 447 g/mol. The van der Waals surface area contributed by atoms with E-state index in [1.807, 2.05) is 0 Å². The normalized spacial score (nSPS) is 21.5. The number of anilines is 2. The molecule has 2 aliphatic rings. The maximum atomic E-state index is 12.6. The molecule has 0 aromatic heterocycles. The quantitative estimate of drug-likeness (QED) is 0.726. The number of nitrogens with zero attached hydrogens (tertiary/aromatic N) is 1. The molecule has 158 valence electrons. The first-order chi connectivity index (χ1) is 14.4. The number of rotatable bonds is 5. The van der Waals surface area contributed by atoms with Gasteiger partial charge in [0.1, 0.15) is 11.5 Å². The van der Waals surface area contributed by atoms with Crippen LogP contribution in [-0.2, 0) is 9.84 Å². The fourth-order valence-corrected chi connectivity index (χ4v) is 7.02. The van der Waals surface area contributed by atoms with Crippen molar-refractivity contribution >= 4 is 44.0 Å². The van der Waals surface area contributed by atoms with Crippen LogP contribution in [0, 0.1) is 0 Å². The van der Waals surface area contributed by atoms with E-state index in [-0.39, 0.29) is 28.7 Å². The lowest BCUT2D eigenvalue weighted by Crippen LogP contribution is -2.13. The number of fused-ring (bicyclic) bond motifs is 1. The van der Waals surface area contributed by atoms with E-state index in [0.29, 0.717) is 27.9 Å². The van der Waals surface area contributed by atoms with Gasteiger partial charge in [-0.15, -0.1) is 0 Å². The molecule has 2 aromatic rings. The van der Waals surface area contributed by atoms with Crippen LogP contribution < -0.4 is 20.1 Å². The standard InChI is InChI=1S/C20H21N3O5S2/c1-27-14-7-8-15(17(9-14)28-2)22-19(24)12-3-5-13(6-4-12)21-20-23-16-10-30(25,26)11-18(16)29-20/h3-9,16,18H,10-11H2,1-2H3,(H,21,23)(H,22,24)/t16-,18-/m0/s1. The molecule has 0 bridgehead atoms. The number of amidine groups is 1.